The maximum Gasteiger partial charge on any atom is 0.496 e. The molecule has 1 aromatic rings. The maximum absolute atomic E-state index is 12.7. The van der Waals surface area contributed by atoms with Gasteiger partial charge in [0, 0.05) is 0 Å². The highest BCUT2D eigenvalue weighted by Gasteiger charge is 2.29. The fraction of sp³-hybridized carbons (Fsp3) is 0.611. The van der Waals surface area contributed by atoms with Crippen molar-refractivity contribution in [2.75, 3.05) is 0 Å². The third kappa shape index (κ3) is 4.55. The number of benzene rings is 1. The quantitative estimate of drug-likeness (QED) is 0.661. The number of hydrogen-bond donors (Lipinski definition) is 0. The Hall–Kier alpha value is -1.38. The second-order valence-electron chi connectivity index (χ2n) is 8.15. The maximum atomic E-state index is 12.7. The van der Waals surface area contributed by atoms with Crippen LogP contribution in [0.4, 0.5) is 9.18 Å². The Morgan fingerprint density at radius 1 is 0.810 bits per heavy atom. The van der Waals surface area contributed by atoms with Crippen LogP contribution in [0.25, 0.3) is 0 Å². The van der Waals surface area contributed by atoms with Crippen molar-refractivity contribution >= 4 is 6.22 Å². The van der Waals surface area contributed by atoms with Crippen molar-refractivity contribution < 1.29 is 13.9 Å². The van der Waals surface area contributed by atoms with Gasteiger partial charge in [0.15, 0.2) is 0 Å². The smallest absolute Gasteiger partial charge is 0.429 e. The first-order valence-electron chi connectivity index (χ1n) is 7.28. The molecule has 0 saturated carbocycles. The fourth-order valence-corrected chi connectivity index (χ4v) is 2.10. The second-order valence-corrected chi connectivity index (χ2v) is 8.15. The van der Waals surface area contributed by atoms with E-state index in [4.69, 9.17) is 4.74 Å². The first-order valence-corrected chi connectivity index (χ1v) is 7.28. The molecule has 0 saturated heterocycles. The van der Waals surface area contributed by atoms with Crippen molar-refractivity contribution in [1.29, 1.82) is 0 Å². The van der Waals surface area contributed by atoms with Crippen LogP contribution in [0.5, 0.6) is 0 Å². The summed E-state index contributed by atoms with van der Waals surface area (Å²) in [5, 5.41) is 0. The molecule has 0 bridgehead atoms. The van der Waals surface area contributed by atoms with Crippen molar-refractivity contribution in [2.45, 2.75) is 71.8 Å². The number of carbonyl (C=O) groups is 1. The monoisotopic (exact) mass is 294 g/mol. The van der Waals surface area contributed by atoms with Gasteiger partial charge in [-0.05, 0) is 41.4 Å². The average Bonchev–Trinajstić information content (AvgIpc) is 2.24. The highest BCUT2D eigenvalue weighted by molar-refractivity contribution is 5.59. The summed E-state index contributed by atoms with van der Waals surface area (Å²) in [6.07, 6.45) is -1.75. The van der Waals surface area contributed by atoms with Crippen LogP contribution in [0.3, 0.4) is 0 Å². The predicted molar refractivity (Wildman–Crippen MR) is 84.5 cm³/mol. The van der Waals surface area contributed by atoms with Crippen molar-refractivity contribution in [3.05, 3.63) is 34.9 Å². The number of halogens is 1. The van der Waals surface area contributed by atoms with Gasteiger partial charge in [0.05, 0.1) is 0 Å². The Kier molecular flexibility index (Phi) is 4.57. The third-order valence-corrected chi connectivity index (χ3v) is 3.70. The van der Waals surface area contributed by atoms with Crippen molar-refractivity contribution in [3.63, 3.8) is 0 Å². The lowest BCUT2D eigenvalue weighted by Gasteiger charge is -2.30. The van der Waals surface area contributed by atoms with Crippen molar-refractivity contribution in [1.82, 2.24) is 0 Å². The molecule has 0 N–H and O–H groups in total. The first-order chi connectivity index (χ1) is 9.23. The molecule has 0 aromatic heterocycles. The van der Waals surface area contributed by atoms with Crippen LogP contribution in [0.15, 0.2) is 18.2 Å². The molecule has 0 atom stereocenters. The molecule has 0 amide bonds. The molecule has 0 aliphatic carbocycles. The van der Waals surface area contributed by atoms with E-state index in [0.717, 1.165) is 16.7 Å². The van der Waals surface area contributed by atoms with Gasteiger partial charge in [-0.15, -0.1) is 4.39 Å². The molecule has 1 aromatic carbocycles. The van der Waals surface area contributed by atoms with Gasteiger partial charge in [-0.25, -0.2) is 4.79 Å². The Morgan fingerprint density at radius 2 is 1.14 bits per heavy atom. The summed E-state index contributed by atoms with van der Waals surface area (Å²) in [6.45, 7) is 16.2. The molecule has 2 nitrogen and oxygen atoms in total. The summed E-state index contributed by atoms with van der Waals surface area (Å²) >= 11 is 0. The van der Waals surface area contributed by atoms with Gasteiger partial charge in [0.1, 0.15) is 5.60 Å². The zero-order chi connectivity index (χ0) is 16.6. The lowest BCUT2D eigenvalue weighted by atomic mass is 9.78. The van der Waals surface area contributed by atoms with Crippen molar-refractivity contribution in [2.24, 2.45) is 0 Å². The summed E-state index contributed by atoms with van der Waals surface area (Å²) < 4.78 is 17.5. The van der Waals surface area contributed by atoms with Crippen molar-refractivity contribution in [3.8, 4) is 0 Å². The van der Waals surface area contributed by atoms with E-state index >= 15 is 0 Å². The molecule has 0 unspecified atom stereocenters. The summed E-state index contributed by atoms with van der Waals surface area (Å²) in [7, 11) is 0. The van der Waals surface area contributed by atoms with E-state index < -0.39 is 11.8 Å². The molecule has 0 aliphatic rings. The Bertz CT molecular complexity index is 499. The minimum atomic E-state index is -1.75. The summed E-state index contributed by atoms with van der Waals surface area (Å²) in [5.74, 6) is 0. The molecule has 1 rings (SSSR count). The lowest BCUT2D eigenvalue weighted by Crippen LogP contribution is -2.26. The largest absolute Gasteiger partial charge is 0.496 e. The van der Waals surface area contributed by atoms with Gasteiger partial charge >= 0.3 is 6.22 Å². The van der Waals surface area contributed by atoms with Gasteiger partial charge in [-0.2, -0.15) is 0 Å². The van der Waals surface area contributed by atoms with Crippen LogP contribution in [0, 0.1) is 0 Å². The molecular weight excluding hydrogens is 267 g/mol. The minimum Gasteiger partial charge on any atom is -0.429 e. The van der Waals surface area contributed by atoms with Crippen LogP contribution < -0.4 is 0 Å². The van der Waals surface area contributed by atoms with E-state index in [0.29, 0.717) is 0 Å². The number of hydrogen-bond acceptors (Lipinski definition) is 2. The van der Waals surface area contributed by atoms with Crippen LogP contribution in [-0.2, 0) is 21.2 Å². The third-order valence-electron chi connectivity index (χ3n) is 3.70. The van der Waals surface area contributed by atoms with Gasteiger partial charge in [-0.1, -0.05) is 59.7 Å². The average molecular weight is 294 g/mol. The van der Waals surface area contributed by atoms with E-state index in [2.05, 4.69) is 47.6 Å². The Balaban J connectivity index is 3.49. The van der Waals surface area contributed by atoms with E-state index in [1.807, 2.05) is 12.1 Å². The molecule has 0 fully saturated rings. The fourth-order valence-electron chi connectivity index (χ4n) is 2.10. The summed E-state index contributed by atoms with van der Waals surface area (Å²) in [5.41, 5.74) is 2.04. The highest BCUT2D eigenvalue weighted by atomic mass is 19.1. The molecule has 21 heavy (non-hydrogen) atoms. The molecule has 0 aliphatic heterocycles. The van der Waals surface area contributed by atoms with Crippen LogP contribution in [0.1, 0.15) is 72.1 Å². The van der Waals surface area contributed by atoms with E-state index in [1.165, 1.54) is 0 Å². The highest BCUT2D eigenvalue weighted by Crippen LogP contribution is 2.35. The van der Waals surface area contributed by atoms with Crippen LogP contribution in [0.2, 0.25) is 0 Å². The summed E-state index contributed by atoms with van der Waals surface area (Å²) in [4.78, 5) is 10.7. The van der Waals surface area contributed by atoms with Crippen LogP contribution >= 0.6 is 0 Å². The molecule has 118 valence electrons. The lowest BCUT2D eigenvalue weighted by molar-refractivity contribution is 0.0192. The molecule has 0 radical (unpaired) electrons. The summed E-state index contributed by atoms with van der Waals surface area (Å²) in [6, 6.07) is 6.17. The normalized spacial score (nSPS) is 13.2. The first kappa shape index (κ1) is 17.7. The molecule has 0 spiro atoms. The predicted octanol–water partition coefficient (Wildman–Crippen LogP) is 5.62. The van der Waals surface area contributed by atoms with E-state index in [-0.39, 0.29) is 10.8 Å². The number of carbonyl (C=O) groups excluding carboxylic acids is 1. The van der Waals surface area contributed by atoms with Gasteiger partial charge < -0.3 is 4.74 Å². The standard InChI is InChI=1S/C18H27FO2/c1-16(2,3)12-9-13(17(4,5)6)11-14(10-12)18(7,8)21-15(19)20/h9-11H,1-8H3. The SMILES string of the molecule is CC(C)(C)c1cc(C(C)(C)C)cc(C(C)(C)OC(=O)F)c1. The Morgan fingerprint density at radius 3 is 1.43 bits per heavy atom. The second kappa shape index (κ2) is 5.43. The zero-order valence-corrected chi connectivity index (χ0v) is 14.4. The number of ether oxygens (including phenoxy) is 1. The Labute approximate surface area is 127 Å². The van der Waals surface area contributed by atoms with Gasteiger partial charge in [0.25, 0.3) is 0 Å². The zero-order valence-electron chi connectivity index (χ0n) is 14.4. The van der Waals surface area contributed by atoms with Gasteiger partial charge in [-0.3, -0.25) is 0 Å². The van der Waals surface area contributed by atoms with E-state index in [1.54, 1.807) is 13.8 Å². The topological polar surface area (TPSA) is 26.3 Å². The molecular formula is C18H27FO2. The minimum absolute atomic E-state index is 0.0359. The van der Waals surface area contributed by atoms with Crippen LogP contribution in [-0.4, -0.2) is 6.22 Å². The molecule has 3 heteroatoms. The van der Waals surface area contributed by atoms with E-state index in [9.17, 15) is 9.18 Å². The number of rotatable bonds is 2. The molecule has 0 heterocycles. The van der Waals surface area contributed by atoms with Gasteiger partial charge in [0.2, 0.25) is 0 Å².